The zero-order valence-corrected chi connectivity index (χ0v) is 12.3. The van der Waals surface area contributed by atoms with Gasteiger partial charge in [0.2, 0.25) is 0 Å². The molecule has 0 saturated carbocycles. The van der Waals surface area contributed by atoms with E-state index in [0.29, 0.717) is 6.54 Å². The first-order valence-corrected chi connectivity index (χ1v) is 6.51. The number of amides is 1. The molecule has 0 bridgehead atoms. The Morgan fingerprint density at radius 1 is 1.35 bits per heavy atom. The molecule has 6 heteroatoms. The van der Waals surface area contributed by atoms with Crippen LogP contribution in [0.2, 0.25) is 0 Å². The molecule has 110 valence electrons. The standard InChI is InChI=1S/C14H21N3O3/c1-5-17(10(2)9-16(3)4)13(18)12-7-6-11(8-15-12)14(19)20/h6-8,10H,5,9H2,1-4H3,(H,19,20). The summed E-state index contributed by atoms with van der Waals surface area (Å²) in [6.07, 6.45) is 1.21. The fraction of sp³-hybridized carbons (Fsp3) is 0.500. The van der Waals surface area contributed by atoms with Crippen LogP contribution in [-0.4, -0.2) is 65.0 Å². The second-order valence-corrected chi connectivity index (χ2v) is 4.94. The molecule has 6 nitrogen and oxygen atoms in total. The predicted molar refractivity (Wildman–Crippen MR) is 75.9 cm³/mol. The number of nitrogens with zero attached hydrogens (tertiary/aromatic N) is 3. The Labute approximate surface area is 119 Å². The number of rotatable bonds is 6. The Hall–Kier alpha value is -1.95. The SMILES string of the molecule is CCN(C(=O)c1ccc(C(=O)O)cn1)C(C)CN(C)C. The van der Waals surface area contributed by atoms with Crippen molar-refractivity contribution in [2.24, 2.45) is 0 Å². The van der Waals surface area contributed by atoms with Crippen LogP contribution < -0.4 is 0 Å². The van der Waals surface area contributed by atoms with Crippen LogP contribution in [0.1, 0.15) is 34.7 Å². The van der Waals surface area contributed by atoms with E-state index in [1.165, 1.54) is 18.3 Å². The lowest BCUT2D eigenvalue weighted by Crippen LogP contribution is -2.44. The minimum absolute atomic E-state index is 0.0588. The molecule has 1 heterocycles. The van der Waals surface area contributed by atoms with Gasteiger partial charge in [-0.05, 0) is 40.1 Å². The van der Waals surface area contributed by atoms with Crippen molar-refractivity contribution < 1.29 is 14.7 Å². The minimum atomic E-state index is -1.05. The molecular weight excluding hydrogens is 258 g/mol. The highest BCUT2D eigenvalue weighted by molar-refractivity contribution is 5.94. The molecule has 1 rings (SSSR count). The third kappa shape index (κ3) is 4.03. The summed E-state index contributed by atoms with van der Waals surface area (Å²) in [6, 6.07) is 2.91. The van der Waals surface area contributed by atoms with Gasteiger partial charge in [-0.1, -0.05) is 0 Å². The fourth-order valence-electron chi connectivity index (χ4n) is 2.08. The van der Waals surface area contributed by atoms with Crippen molar-refractivity contribution in [3.8, 4) is 0 Å². The Balaban J connectivity index is 2.88. The summed E-state index contributed by atoms with van der Waals surface area (Å²) < 4.78 is 0. The molecule has 0 radical (unpaired) electrons. The van der Waals surface area contributed by atoms with Crippen molar-refractivity contribution in [2.45, 2.75) is 19.9 Å². The third-order valence-corrected chi connectivity index (χ3v) is 2.99. The van der Waals surface area contributed by atoms with Gasteiger partial charge in [0.15, 0.2) is 0 Å². The summed E-state index contributed by atoms with van der Waals surface area (Å²) in [4.78, 5) is 30.8. The van der Waals surface area contributed by atoms with Crippen molar-refractivity contribution in [2.75, 3.05) is 27.2 Å². The number of aromatic nitrogens is 1. The van der Waals surface area contributed by atoms with Crippen LogP contribution in [0.3, 0.4) is 0 Å². The molecule has 1 atom stereocenters. The predicted octanol–water partition coefficient (Wildman–Crippen LogP) is 1.19. The average Bonchev–Trinajstić information content (AvgIpc) is 2.38. The molecule has 0 aliphatic rings. The van der Waals surface area contributed by atoms with Crippen LogP contribution in [0.4, 0.5) is 0 Å². The molecule has 0 aliphatic heterocycles. The Kier molecular flexibility index (Phi) is 5.64. The number of carboxylic acid groups (broad SMARTS) is 1. The van der Waals surface area contributed by atoms with Gasteiger partial charge < -0.3 is 14.9 Å². The largest absolute Gasteiger partial charge is 0.478 e. The highest BCUT2D eigenvalue weighted by Crippen LogP contribution is 2.08. The van der Waals surface area contributed by atoms with Crippen LogP contribution in [0, 0.1) is 0 Å². The first-order chi connectivity index (χ1) is 9.36. The summed E-state index contributed by atoms with van der Waals surface area (Å²) in [5.41, 5.74) is 0.341. The lowest BCUT2D eigenvalue weighted by Gasteiger charge is -2.29. The second kappa shape index (κ2) is 7.00. The lowest BCUT2D eigenvalue weighted by atomic mass is 10.2. The fourth-order valence-corrected chi connectivity index (χ4v) is 2.08. The molecule has 1 amide bonds. The molecule has 0 spiro atoms. The molecule has 0 saturated heterocycles. The molecule has 1 unspecified atom stereocenters. The summed E-state index contributed by atoms with van der Waals surface area (Å²) in [5, 5.41) is 8.82. The van der Waals surface area contributed by atoms with Gasteiger partial charge in [-0.2, -0.15) is 0 Å². The molecule has 0 aromatic carbocycles. The number of pyridine rings is 1. The van der Waals surface area contributed by atoms with E-state index >= 15 is 0 Å². The number of hydrogen-bond acceptors (Lipinski definition) is 4. The van der Waals surface area contributed by atoms with Crippen molar-refractivity contribution in [1.29, 1.82) is 0 Å². The van der Waals surface area contributed by atoms with E-state index < -0.39 is 5.97 Å². The molecule has 1 aromatic rings. The van der Waals surface area contributed by atoms with Crippen LogP contribution in [0.5, 0.6) is 0 Å². The zero-order chi connectivity index (χ0) is 15.3. The Morgan fingerprint density at radius 3 is 2.40 bits per heavy atom. The number of aromatic carboxylic acids is 1. The second-order valence-electron chi connectivity index (χ2n) is 4.94. The van der Waals surface area contributed by atoms with Crippen LogP contribution >= 0.6 is 0 Å². The normalized spacial score (nSPS) is 12.2. The van der Waals surface area contributed by atoms with Gasteiger partial charge in [0, 0.05) is 25.3 Å². The van der Waals surface area contributed by atoms with Gasteiger partial charge in [-0.3, -0.25) is 9.78 Å². The number of carboxylic acids is 1. The van der Waals surface area contributed by atoms with E-state index in [9.17, 15) is 9.59 Å². The third-order valence-electron chi connectivity index (χ3n) is 2.99. The summed E-state index contributed by atoms with van der Waals surface area (Å²) in [5.74, 6) is -1.23. The Bertz CT molecular complexity index is 471. The van der Waals surface area contributed by atoms with Gasteiger partial charge in [-0.25, -0.2) is 4.79 Å². The van der Waals surface area contributed by atoms with Crippen molar-refractivity contribution in [3.05, 3.63) is 29.6 Å². The van der Waals surface area contributed by atoms with Crippen molar-refractivity contribution in [3.63, 3.8) is 0 Å². The van der Waals surface area contributed by atoms with E-state index in [-0.39, 0.29) is 23.2 Å². The summed E-state index contributed by atoms with van der Waals surface area (Å²) >= 11 is 0. The monoisotopic (exact) mass is 279 g/mol. The van der Waals surface area contributed by atoms with Crippen LogP contribution in [-0.2, 0) is 0 Å². The molecule has 0 aliphatic carbocycles. The molecule has 1 aromatic heterocycles. The van der Waals surface area contributed by atoms with E-state index in [2.05, 4.69) is 4.98 Å². The maximum absolute atomic E-state index is 12.4. The highest BCUT2D eigenvalue weighted by atomic mass is 16.4. The van der Waals surface area contributed by atoms with Crippen LogP contribution in [0.25, 0.3) is 0 Å². The maximum atomic E-state index is 12.4. The van der Waals surface area contributed by atoms with Crippen molar-refractivity contribution in [1.82, 2.24) is 14.8 Å². The van der Waals surface area contributed by atoms with Crippen LogP contribution in [0.15, 0.2) is 18.3 Å². The zero-order valence-electron chi connectivity index (χ0n) is 12.3. The summed E-state index contributed by atoms with van der Waals surface area (Å²) in [7, 11) is 3.91. The van der Waals surface area contributed by atoms with Gasteiger partial charge >= 0.3 is 5.97 Å². The quantitative estimate of drug-likeness (QED) is 0.846. The van der Waals surface area contributed by atoms with E-state index in [1.807, 2.05) is 32.8 Å². The van der Waals surface area contributed by atoms with Gasteiger partial charge in [0.25, 0.3) is 5.91 Å². The number of carbonyl (C=O) groups excluding carboxylic acids is 1. The van der Waals surface area contributed by atoms with Gasteiger partial charge in [-0.15, -0.1) is 0 Å². The first kappa shape index (κ1) is 16.1. The average molecular weight is 279 g/mol. The highest BCUT2D eigenvalue weighted by Gasteiger charge is 2.21. The smallest absolute Gasteiger partial charge is 0.337 e. The molecule has 1 N–H and O–H groups in total. The number of hydrogen-bond donors (Lipinski definition) is 1. The molecule has 20 heavy (non-hydrogen) atoms. The lowest BCUT2D eigenvalue weighted by molar-refractivity contribution is 0.0665. The number of likely N-dealkylation sites (N-methyl/N-ethyl adjacent to an activating group) is 2. The maximum Gasteiger partial charge on any atom is 0.337 e. The van der Waals surface area contributed by atoms with Gasteiger partial charge in [0.1, 0.15) is 5.69 Å². The minimum Gasteiger partial charge on any atom is -0.478 e. The first-order valence-electron chi connectivity index (χ1n) is 6.51. The molecule has 0 fully saturated rings. The topological polar surface area (TPSA) is 73.7 Å². The van der Waals surface area contributed by atoms with Gasteiger partial charge in [0.05, 0.1) is 5.56 Å². The van der Waals surface area contributed by atoms with Crippen molar-refractivity contribution >= 4 is 11.9 Å². The van der Waals surface area contributed by atoms with E-state index in [1.54, 1.807) is 4.90 Å². The van der Waals surface area contributed by atoms with E-state index in [4.69, 9.17) is 5.11 Å². The Morgan fingerprint density at radius 2 is 2.00 bits per heavy atom. The van der Waals surface area contributed by atoms with E-state index in [0.717, 1.165) is 6.54 Å². The summed E-state index contributed by atoms with van der Waals surface area (Å²) in [6.45, 7) is 5.23. The number of carbonyl (C=O) groups is 2. The molecular formula is C14H21N3O3.